The molecule has 1 aromatic rings. The zero-order valence-electron chi connectivity index (χ0n) is 10.6. The third-order valence-electron chi connectivity index (χ3n) is 2.99. The standard InChI is InChI=1S/C11H18N4O2/c1-11(2,7-5-6-7)15-8-12-9(16-3)14-10(13-8)17-4/h7H,5-6H2,1-4H3,(H,12,13,14,15). The van der Waals surface area contributed by atoms with Gasteiger partial charge in [-0.05, 0) is 32.6 Å². The molecule has 0 amide bonds. The van der Waals surface area contributed by atoms with Crippen molar-refractivity contribution < 1.29 is 9.47 Å². The molecule has 1 aliphatic carbocycles. The van der Waals surface area contributed by atoms with Crippen molar-refractivity contribution in [1.29, 1.82) is 0 Å². The zero-order valence-corrected chi connectivity index (χ0v) is 10.6. The number of ether oxygens (including phenoxy) is 2. The summed E-state index contributed by atoms with van der Waals surface area (Å²) < 4.78 is 10.0. The summed E-state index contributed by atoms with van der Waals surface area (Å²) in [5.74, 6) is 1.17. The number of rotatable bonds is 5. The second kappa shape index (κ2) is 4.35. The number of anilines is 1. The SMILES string of the molecule is COc1nc(NC(C)(C)C2CC2)nc(OC)n1. The van der Waals surface area contributed by atoms with Crippen molar-refractivity contribution in [1.82, 2.24) is 15.0 Å². The van der Waals surface area contributed by atoms with Crippen LogP contribution in [0, 0.1) is 5.92 Å². The van der Waals surface area contributed by atoms with Gasteiger partial charge in [0, 0.05) is 5.54 Å². The first-order valence-corrected chi connectivity index (χ1v) is 5.67. The van der Waals surface area contributed by atoms with Gasteiger partial charge < -0.3 is 14.8 Å². The second-order valence-electron chi connectivity index (χ2n) is 4.75. The average molecular weight is 238 g/mol. The topological polar surface area (TPSA) is 69.2 Å². The maximum Gasteiger partial charge on any atom is 0.324 e. The van der Waals surface area contributed by atoms with Crippen LogP contribution in [0.4, 0.5) is 5.95 Å². The number of aromatic nitrogens is 3. The molecule has 0 saturated heterocycles. The van der Waals surface area contributed by atoms with E-state index in [9.17, 15) is 0 Å². The van der Waals surface area contributed by atoms with Crippen LogP contribution in [-0.4, -0.2) is 34.7 Å². The van der Waals surface area contributed by atoms with Gasteiger partial charge in [0.1, 0.15) is 0 Å². The Morgan fingerprint density at radius 1 is 1.06 bits per heavy atom. The van der Waals surface area contributed by atoms with Crippen molar-refractivity contribution in [2.75, 3.05) is 19.5 Å². The van der Waals surface area contributed by atoms with E-state index in [-0.39, 0.29) is 17.6 Å². The van der Waals surface area contributed by atoms with E-state index in [0.29, 0.717) is 11.9 Å². The predicted octanol–water partition coefficient (Wildman–Crippen LogP) is 1.49. The molecule has 1 heterocycles. The van der Waals surface area contributed by atoms with E-state index in [2.05, 4.69) is 34.1 Å². The van der Waals surface area contributed by atoms with Crippen LogP contribution in [-0.2, 0) is 0 Å². The molecule has 1 aliphatic rings. The molecule has 0 aliphatic heterocycles. The molecule has 1 aromatic heterocycles. The molecule has 0 spiro atoms. The van der Waals surface area contributed by atoms with Crippen LogP contribution >= 0.6 is 0 Å². The molecular weight excluding hydrogens is 220 g/mol. The average Bonchev–Trinajstić information content (AvgIpc) is 3.11. The van der Waals surface area contributed by atoms with Gasteiger partial charge in [-0.1, -0.05) is 0 Å². The Labute approximate surface area is 101 Å². The Hall–Kier alpha value is -1.59. The van der Waals surface area contributed by atoms with Crippen molar-refractivity contribution in [3.63, 3.8) is 0 Å². The first-order chi connectivity index (χ1) is 8.05. The Morgan fingerprint density at radius 3 is 2.00 bits per heavy atom. The van der Waals surface area contributed by atoms with Gasteiger partial charge in [-0.25, -0.2) is 0 Å². The summed E-state index contributed by atoms with van der Waals surface area (Å²) >= 11 is 0. The van der Waals surface area contributed by atoms with E-state index in [4.69, 9.17) is 9.47 Å². The van der Waals surface area contributed by atoms with Gasteiger partial charge in [-0.15, -0.1) is 4.98 Å². The lowest BCUT2D eigenvalue weighted by Crippen LogP contribution is -2.34. The van der Waals surface area contributed by atoms with E-state index < -0.39 is 0 Å². The fourth-order valence-corrected chi connectivity index (χ4v) is 1.77. The van der Waals surface area contributed by atoms with Crippen LogP contribution in [0.15, 0.2) is 0 Å². The van der Waals surface area contributed by atoms with Crippen molar-refractivity contribution >= 4 is 5.95 Å². The predicted molar refractivity (Wildman–Crippen MR) is 63.4 cm³/mol. The van der Waals surface area contributed by atoms with E-state index in [1.54, 1.807) is 0 Å². The molecule has 1 fully saturated rings. The van der Waals surface area contributed by atoms with Crippen LogP contribution in [0.1, 0.15) is 26.7 Å². The van der Waals surface area contributed by atoms with Crippen molar-refractivity contribution in [3.05, 3.63) is 0 Å². The third kappa shape index (κ3) is 2.75. The monoisotopic (exact) mass is 238 g/mol. The maximum atomic E-state index is 5.01. The van der Waals surface area contributed by atoms with Gasteiger partial charge in [0.05, 0.1) is 14.2 Å². The normalized spacial score (nSPS) is 15.5. The largest absolute Gasteiger partial charge is 0.467 e. The fraction of sp³-hybridized carbons (Fsp3) is 0.727. The highest BCUT2D eigenvalue weighted by Gasteiger charge is 2.38. The molecule has 0 bridgehead atoms. The molecule has 0 radical (unpaired) electrons. The molecule has 0 unspecified atom stereocenters. The van der Waals surface area contributed by atoms with Crippen LogP contribution in [0.5, 0.6) is 12.0 Å². The first-order valence-electron chi connectivity index (χ1n) is 5.67. The Balaban J connectivity index is 2.19. The number of nitrogens with zero attached hydrogens (tertiary/aromatic N) is 3. The van der Waals surface area contributed by atoms with Crippen LogP contribution in [0.25, 0.3) is 0 Å². The Morgan fingerprint density at radius 2 is 1.59 bits per heavy atom. The Kier molecular flexibility index (Phi) is 3.04. The first kappa shape index (κ1) is 11.9. The second-order valence-corrected chi connectivity index (χ2v) is 4.75. The van der Waals surface area contributed by atoms with Gasteiger partial charge in [0.25, 0.3) is 0 Å². The quantitative estimate of drug-likeness (QED) is 0.838. The summed E-state index contributed by atoms with van der Waals surface area (Å²) in [5.41, 5.74) is -0.0165. The minimum atomic E-state index is -0.0165. The van der Waals surface area contributed by atoms with E-state index in [1.807, 2.05) is 0 Å². The molecule has 6 heteroatoms. The van der Waals surface area contributed by atoms with Gasteiger partial charge >= 0.3 is 12.0 Å². The lowest BCUT2D eigenvalue weighted by molar-refractivity contribution is 0.340. The summed E-state index contributed by atoms with van der Waals surface area (Å²) in [6.45, 7) is 4.29. The van der Waals surface area contributed by atoms with E-state index >= 15 is 0 Å². The summed E-state index contributed by atoms with van der Waals surface area (Å²) in [6, 6.07) is 0.511. The minimum absolute atomic E-state index is 0.0165. The molecule has 0 aromatic carbocycles. The van der Waals surface area contributed by atoms with Crippen molar-refractivity contribution in [2.45, 2.75) is 32.2 Å². The van der Waals surface area contributed by atoms with Gasteiger partial charge in [-0.2, -0.15) is 9.97 Å². The van der Waals surface area contributed by atoms with Crippen LogP contribution in [0.2, 0.25) is 0 Å². The molecular formula is C11H18N4O2. The number of nitrogens with one attached hydrogen (secondary N) is 1. The summed E-state index contributed by atoms with van der Waals surface area (Å²) in [4.78, 5) is 12.3. The summed E-state index contributed by atoms with van der Waals surface area (Å²) in [5, 5.41) is 3.31. The molecule has 94 valence electrons. The van der Waals surface area contributed by atoms with Crippen LogP contribution < -0.4 is 14.8 Å². The molecule has 6 nitrogen and oxygen atoms in total. The highest BCUT2D eigenvalue weighted by atomic mass is 16.5. The van der Waals surface area contributed by atoms with Gasteiger partial charge in [0.15, 0.2) is 0 Å². The van der Waals surface area contributed by atoms with Crippen molar-refractivity contribution in [3.8, 4) is 12.0 Å². The molecule has 17 heavy (non-hydrogen) atoms. The molecule has 1 saturated carbocycles. The number of methoxy groups -OCH3 is 2. The number of hydrogen-bond acceptors (Lipinski definition) is 6. The molecule has 0 atom stereocenters. The summed E-state index contributed by atoms with van der Waals surface area (Å²) in [6.07, 6.45) is 2.50. The highest BCUT2D eigenvalue weighted by Crippen LogP contribution is 2.40. The summed E-state index contributed by atoms with van der Waals surface area (Å²) in [7, 11) is 3.04. The smallest absolute Gasteiger partial charge is 0.324 e. The zero-order chi connectivity index (χ0) is 12.5. The maximum absolute atomic E-state index is 5.01. The van der Waals surface area contributed by atoms with Crippen molar-refractivity contribution in [2.24, 2.45) is 5.92 Å². The fourth-order valence-electron chi connectivity index (χ4n) is 1.77. The Bertz CT molecular complexity index is 382. The minimum Gasteiger partial charge on any atom is -0.467 e. The molecule has 1 N–H and O–H groups in total. The van der Waals surface area contributed by atoms with Crippen LogP contribution in [0.3, 0.4) is 0 Å². The lowest BCUT2D eigenvalue weighted by atomic mass is 9.99. The van der Waals surface area contributed by atoms with Gasteiger partial charge in [-0.3, -0.25) is 0 Å². The van der Waals surface area contributed by atoms with E-state index in [0.717, 1.165) is 0 Å². The number of hydrogen-bond donors (Lipinski definition) is 1. The molecule has 2 rings (SSSR count). The highest BCUT2D eigenvalue weighted by molar-refractivity contribution is 5.32. The third-order valence-corrected chi connectivity index (χ3v) is 2.99. The van der Waals surface area contributed by atoms with E-state index in [1.165, 1.54) is 27.1 Å². The van der Waals surface area contributed by atoms with Gasteiger partial charge in [0.2, 0.25) is 5.95 Å². The lowest BCUT2D eigenvalue weighted by Gasteiger charge is -2.26.